The van der Waals surface area contributed by atoms with E-state index in [9.17, 15) is 4.79 Å². The van der Waals surface area contributed by atoms with Crippen LogP contribution in [0.5, 0.6) is 0 Å². The van der Waals surface area contributed by atoms with Crippen molar-refractivity contribution >= 4 is 23.3 Å². The van der Waals surface area contributed by atoms with Crippen LogP contribution in [-0.2, 0) is 11.2 Å². The minimum Gasteiger partial charge on any atom is -0.465 e. The van der Waals surface area contributed by atoms with E-state index >= 15 is 0 Å². The Morgan fingerprint density at radius 2 is 2.36 bits per heavy atom. The molecule has 4 heteroatoms. The maximum Gasteiger partial charge on any atom is 0.340 e. The topological polar surface area (TPSA) is 38.3 Å². The van der Waals surface area contributed by atoms with Crippen LogP contribution in [0.2, 0.25) is 5.02 Å². The van der Waals surface area contributed by atoms with Crippen LogP contribution in [0.1, 0.15) is 15.9 Å². The zero-order valence-corrected chi connectivity index (χ0v) is 8.52. The highest BCUT2D eigenvalue weighted by Crippen LogP contribution is 2.30. The normalized spacial score (nSPS) is 13.3. The summed E-state index contributed by atoms with van der Waals surface area (Å²) < 4.78 is 4.68. The summed E-state index contributed by atoms with van der Waals surface area (Å²) >= 11 is 5.89. The average molecular weight is 212 g/mol. The summed E-state index contributed by atoms with van der Waals surface area (Å²) in [5.74, 6) is -0.349. The minimum absolute atomic E-state index is 0.349. The third-order valence-electron chi connectivity index (χ3n) is 2.29. The molecular formula is C10H10ClNO2. The van der Waals surface area contributed by atoms with Crippen LogP contribution >= 0.6 is 11.6 Å². The molecule has 1 heterocycles. The second-order valence-electron chi connectivity index (χ2n) is 3.16. The summed E-state index contributed by atoms with van der Waals surface area (Å²) in [7, 11) is 1.37. The Morgan fingerprint density at radius 1 is 1.57 bits per heavy atom. The van der Waals surface area contributed by atoms with Gasteiger partial charge in [0, 0.05) is 11.6 Å². The summed E-state index contributed by atoms with van der Waals surface area (Å²) in [5.41, 5.74) is 2.46. The van der Waals surface area contributed by atoms with Crippen molar-refractivity contribution in [2.24, 2.45) is 0 Å². The lowest BCUT2D eigenvalue weighted by molar-refractivity contribution is 0.0602. The molecular weight excluding hydrogens is 202 g/mol. The van der Waals surface area contributed by atoms with Crippen LogP contribution in [0.3, 0.4) is 0 Å². The van der Waals surface area contributed by atoms with E-state index in [1.807, 2.05) is 6.07 Å². The predicted octanol–water partition coefficient (Wildman–Crippen LogP) is 2.09. The molecule has 1 aliphatic heterocycles. The monoisotopic (exact) mass is 211 g/mol. The smallest absolute Gasteiger partial charge is 0.340 e. The minimum atomic E-state index is -0.349. The molecule has 0 spiro atoms. The van der Waals surface area contributed by atoms with Crippen molar-refractivity contribution in [3.05, 3.63) is 28.3 Å². The van der Waals surface area contributed by atoms with Gasteiger partial charge in [-0.15, -0.1) is 0 Å². The van der Waals surface area contributed by atoms with Gasteiger partial charge in [-0.2, -0.15) is 0 Å². The Hall–Kier alpha value is -1.22. The van der Waals surface area contributed by atoms with E-state index in [2.05, 4.69) is 10.1 Å². The number of fused-ring (bicyclic) bond motifs is 1. The van der Waals surface area contributed by atoms with Gasteiger partial charge >= 0.3 is 5.97 Å². The Labute approximate surface area is 87.0 Å². The van der Waals surface area contributed by atoms with Gasteiger partial charge in [0.05, 0.1) is 18.4 Å². The van der Waals surface area contributed by atoms with Gasteiger partial charge in [0.1, 0.15) is 0 Å². The summed E-state index contributed by atoms with van der Waals surface area (Å²) in [5, 5.41) is 3.73. The van der Waals surface area contributed by atoms with E-state index < -0.39 is 0 Å². The summed E-state index contributed by atoms with van der Waals surface area (Å²) in [6, 6.07) is 3.51. The molecule has 1 aromatic carbocycles. The zero-order chi connectivity index (χ0) is 10.1. The second kappa shape index (κ2) is 3.50. The van der Waals surface area contributed by atoms with E-state index in [1.54, 1.807) is 6.07 Å². The van der Waals surface area contributed by atoms with E-state index in [0.717, 1.165) is 24.2 Å². The molecule has 0 saturated heterocycles. The van der Waals surface area contributed by atoms with Gasteiger partial charge in [0.25, 0.3) is 0 Å². The van der Waals surface area contributed by atoms with Crippen molar-refractivity contribution in [1.82, 2.24) is 0 Å². The molecule has 0 atom stereocenters. The van der Waals surface area contributed by atoms with Crippen molar-refractivity contribution in [2.45, 2.75) is 6.42 Å². The number of rotatable bonds is 1. The first-order valence-corrected chi connectivity index (χ1v) is 4.75. The number of carbonyl (C=O) groups excluding carboxylic acids is 1. The molecule has 0 aromatic heterocycles. The molecule has 3 nitrogen and oxygen atoms in total. The molecule has 1 aromatic rings. The lowest BCUT2D eigenvalue weighted by Crippen LogP contribution is -2.05. The number of methoxy groups -OCH3 is 1. The lowest BCUT2D eigenvalue weighted by atomic mass is 10.1. The molecule has 0 amide bonds. The standard InChI is InChI=1S/C10H10ClNO2/c1-14-10(13)8-5-7(11)4-6-2-3-12-9(6)8/h4-5,12H,2-3H2,1H3. The lowest BCUT2D eigenvalue weighted by Gasteiger charge is -2.07. The number of hydrogen-bond donors (Lipinski definition) is 1. The molecule has 14 heavy (non-hydrogen) atoms. The number of ether oxygens (including phenoxy) is 1. The van der Waals surface area contributed by atoms with Gasteiger partial charge in [0.15, 0.2) is 0 Å². The molecule has 0 unspecified atom stereocenters. The van der Waals surface area contributed by atoms with E-state index in [0.29, 0.717) is 10.6 Å². The van der Waals surface area contributed by atoms with Crippen molar-refractivity contribution in [1.29, 1.82) is 0 Å². The highest BCUT2D eigenvalue weighted by atomic mass is 35.5. The molecule has 0 saturated carbocycles. The first-order valence-electron chi connectivity index (χ1n) is 4.37. The van der Waals surface area contributed by atoms with Crippen LogP contribution in [-0.4, -0.2) is 19.6 Å². The van der Waals surface area contributed by atoms with Gasteiger partial charge in [0.2, 0.25) is 0 Å². The average Bonchev–Trinajstić information content (AvgIpc) is 2.62. The molecule has 0 radical (unpaired) electrons. The highest BCUT2D eigenvalue weighted by molar-refractivity contribution is 6.31. The SMILES string of the molecule is COC(=O)c1cc(Cl)cc2c1NCC2. The van der Waals surface area contributed by atoms with Crippen LogP contribution < -0.4 is 5.32 Å². The third kappa shape index (κ3) is 1.44. The number of halogens is 1. The predicted molar refractivity (Wildman–Crippen MR) is 55.0 cm³/mol. The van der Waals surface area contributed by atoms with Crippen LogP contribution in [0.4, 0.5) is 5.69 Å². The quantitative estimate of drug-likeness (QED) is 0.723. The summed E-state index contributed by atoms with van der Waals surface area (Å²) in [6.45, 7) is 0.847. The Bertz CT molecular complexity index is 390. The van der Waals surface area contributed by atoms with E-state index in [-0.39, 0.29) is 5.97 Å². The number of anilines is 1. The number of hydrogen-bond acceptors (Lipinski definition) is 3. The van der Waals surface area contributed by atoms with Gasteiger partial charge in [-0.25, -0.2) is 4.79 Å². The fourth-order valence-corrected chi connectivity index (χ4v) is 1.90. The third-order valence-corrected chi connectivity index (χ3v) is 2.50. The maximum atomic E-state index is 11.4. The van der Waals surface area contributed by atoms with Gasteiger partial charge in [-0.1, -0.05) is 11.6 Å². The molecule has 0 fully saturated rings. The van der Waals surface area contributed by atoms with Crippen molar-refractivity contribution < 1.29 is 9.53 Å². The molecule has 0 bridgehead atoms. The highest BCUT2D eigenvalue weighted by Gasteiger charge is 2.20. The van der Waals surface area contributed by atoms with E-state index in [4.69, 9.17) is 11.6 Å². The van der Waals surface area contributed by atoms with Crippen molar-refractivity contribution in [2.75, 3.05) is 19.0 Å². The molecule has 0 aliphatic carbocycles. The molecule has 2 rings (SSSR count). The molecule has 74 valence electrons. The van der Waals surface area contributed by atoms with Crippen LogP contribution in [0.25, 0.3) is 0 Å². The molecule has 1 aliphatic rings. The summed E-state index contributed by atoms with van der Waals surface area (Å²) in [6.07, 6.45) is 0.903. The fourth-order valence-electron chi connectivity index (χ4n) is 1.66. The summed E-state index contributed by atoms with van der Waals surface area (Å²) in [4.78, 5) is 11.4. The number of esters is 1. The van der Waals surface area contributed by atoms with Crippen LogP contribution in [0.15, 0.2) is 12.1 Å². The Morgan fingerprint density at radius 3 is 3.07 bits per heavy atom. The van der Waals surface area contributed by atoms with Crippen molar-refractivity contribution in [3.63, 3.8) is 0 Å². The number of nitrogens with one attached hydrogen (secondary N) is 1. The van der Waals surface area contributed by atoms with Crippen molar-refractivity contribution in [3.8, 4) is 0 Å². The maximum absolute atomic E-state index is 11.4. The van der Waals surface area contributed by atoms with Gasteiger partial charge in [-0.05, 0) is 24.1 Å². The number of carbonyl (C=O) groups is 1. The largest absolute Gasteiger partial charge is 0.465 e. The molecule has 1 N–H and O–H groups in total. The Kier molecular flexibility index (Phi) is 2.33. The first kappa shape index (κ1) is 9.34. The van der Waals surface area contributed by atoms with Gasteiger partial charge < -0.3 is 10.1 Å². The van der Waals surface area contributed by atoms with E-state index in [1.165, 1.54) is 7.11 Å². The van der Waals surface area contributed by atoms with Gasteiger partial charge in [-0.3, -0.25) is 0 Å². The zero-order valence-electron chi connectivity index (χ0n) is 7.76. The first-order chi connectivity index (χ1) is 6.72. The van der Waals surface area contributed by atoms with Crippen LogP contribution in [0, 0.1) is 0 Å². The number of benzene rings is 1. The second-order valence-corrected chi connectivity index (χ2v) is 3.59. The Balaban J connectivity index is 2.54. The fraction of sp³-hybridized carbons (Fsp3) is 0.300.